The van der Waals surface area contributed by atoms with E-state index in [0.29, 0.717) is 29.4 Å². The lowest BCUT2D eigenvalue weighted by atomic mass is 10.2. The Labute approximate surface area is 130 Å². The van der Waals surface area contributed by atoms with Gasteiger partial charge < -0.3 is 15.3 Å². The Morgan fingerprint density at radius 1 is 1.43 bits per heavy atom. The number of hydrogen-bond acceptors (Lipinski definition) is 3. The molecule has 0 radical (unpaired) electrons. The molecule has 1 aromatic carbocycles. The zero-order chi connectivity index (χ0) is 15.7. The molecule has 6 heteroatoms. The van der Waals surface area contributed by atoms with Gasteiger partial charge in [-0.05, 0) is 24.6 Å². The number of nitrogens with one attached hydrogen (secondary N) is 1. The first-order chi connectivity index (χ1) is 10.1. The van der Waals surface area contributed by atoms with Crippen molar-refractivity contribution in [1.29, 1.82) is 5.26 Å². The fourth-order valence-corrected chi connectivity index (χ4v) is 2.10. The fraction of sp³-hybridized carbons (Fsp3) is 0.467. The van der Waals surface area contributed by atoms with Crippen LogP contribution >= 0.6 is 11.6 Å². The van der Waals surface area contributed by atoms with E-state index in [9.17, 15) is 4.79 Å². The molecule has 0 aliphatic rings. The van der Waals surface area contributed by atoms with E-state index in [-0.39, 0.29) is 12.6 Å². The van der Waals surface area contributed by atoms with E-state index in [0.717, 1.165) is 19.3 Å². The second-order valence-electron chi connectivity index (χ2n) is 4.65. The average molecular weight is 310 g/mol. The largest absolute Gasteiger partial charge is 0.395 e. The van der Waals surface area contributed by atoms with Crippen LogP contribution in [0.5, 0.6) is 0 Å². The first kappa shape index (κ1) is 17.3. The van der Waals surface area contributed by atoms with Crippen LogP contribution in [-0.2, 0) is 0 Å². The third kappa shape index (κ3) is 5.62. The van der Waals surface area contributed by atoms with E-state index in [2.05, 4.69) is 12.2 Å². The van der Waals surface area contributed by atoms with Crippen LogP contribution in [0.4, 0.5) is 10.5 Å². The molecule has 0 saturated heterocycles. The molecule has 2 N–H and O–H groups in total. The highest BCUT2D eigenvalue weighted by Gasteiger charge is 2.13. The number of nitrogens with zero attached hydrogens (tertiary/aromatic N) is 2. The smallest absolute Gasteiger partial charge is 0.321 e. The minimum Gasteiger partial charge on any atom is -0.395 e. The van der Waals surface area contributed by atoms with Gasteiger partial charge in [0.05, 0.1) is 17.2 Å². The molecule has 0 saturated carbocycles. The molecule has 1 rings (SSSR count). The van der Waals surface area contributed by atoms with Gasteiger partial charge in [-0.3, -0.25) is 0 Å². The molecular formula is C15H20ClN3O2. The quantitative estimate of drug-likeness (QED) is 0.759. The van der Waals surface area contributed by atoms with Gasteiger partial charge in [-0.25, -0.2) is 4.79 Å². The molecule has 0 unspecified atom stereocenters. The fourth-order valence-electron chi connectivity index (χ4n) is 1.87. The first-order valence-corrected chi connectivity index (χ1v) is 7.36. The maximum absolute atomic E-state index is 12.2. The van der Waals surface area contributed by atoms with Crippen molar-refractivity contribution in [2.24, 2.45) is 0 Å². The van der Waals surface area contributed by atoms with Crippen molar-refractivity contribution >= 4 is 23.3 Å². The summed E-state index contributed by atoms with van der Waals surface area (Å²) in [5.74, 6) is 0. The number of nitriles is 1. The number of rotatable bonds is 7. The number of aliphatic hydroxyl groups is 1. The standard InChI is InChI=1S/C15H20ClN3O2/c1-2-3-4-7-19(8-9-20)15(21)18-13-6-5-12(11-17)14(16)10-13/h5-6,10,20H,2-4,7-9H2,1H3,(H,18,21). The Balaban J connectivity index is 2.67. The second-order valence-corrected chi connectivity index (χ2v) is 5.06. The molecule has 114 valence electrons. The van der Waals surface area contributed by atoms with E-state index in [1.807, 2.05) is 6.07 Å². The van der Waals surface area contributed by atoms with Gasteiger partial charge in [0.25, 0.3) is 0 Å². The Morgan fingerprint density at radius 3 is 2.76 bits per heavy atom. The van der Waals surface area contributed by atoms with Gasteiger partial charge in [-0.1, -0.05) is 31.4 Å². The summed E-state index contributed by atoms with van der Waals surface area (Å²) in [5.41, 5.74) is 0.896. The lowest BCUT2D eigenvalue weighted by Crippen LogP contribution is -2.37. The van der Waals surface area contributed by atoms with Crippen molar-refractivity contribution in [1.82, 2.24) is 4.90 Å². The van der Waals surface area contributed by atoms with Gasteiger partial charge >= 0.3 is 6.03 Å². The molecule has 1 aromatic rings. The molecule has 0 aliphatic carbocycles. The van der Waals surface area contributed by atoms with Crippen molar-refractivity contribution in [2.75, 3.05) is 25.0 Å². The SMILES string of the molecule is CCCCCN(CCO)C(=O)Nc1ccc(C#N)c(Cl)c1. The number of urea groups is 1. The van der Waals surface area contributed by atoms with E-state index in [1.54, 1.807) is 23.1 Å². The third-order valence-corrected chi connectivity index (χ3v) is 3.34. The lowest BCUT2D eigenvalue weighted by Gasteiger charge is -2.22. The highest BCUT2D eigenvalue weighted by molar-refractivity contribution is 6.32. The number of hydrogen-bond donors (Lipinski definition) is 2. The summed E-state index contributed by atoms with van der Waals surface area (Å²) in [7, 11) is 0. The molecule has 0 fully saturated rings. The number of carbonyl (C=O) groups excluding carboxylic acids is 1. The monoisotopic (exact) mass is 309 g/mol. The summed E-state index contributed by atoms with van der Waals surface area (Å²) < 4.78 is 0. The van der Waals surface area contributed by atoms with Crippen molar-refractivity contribution < 1.29 is 9.90 Å². The van der Waals surface area contributed by atoms with Crippen LogP contribution in [0.3, 0.4) is 0 Å². The van der Waals surface area contributed by atoms with Gasteiger partial charge in [-0.2, -0.15) is 5.26 Å². The highest BCUT2D eigenvalue weighted by atomic mass is 35.5. The van der Waals surface area contributed by atoms with Crippen LogP contribution in [-0.4, -0.2) is 35.7 Å². The molecular weight excluding hydrogens is 290 g/mol. The molecule has 0 atom stereocenters. The predicted molar refractivity (Wildman–Crippen MR) is 83.4 cm³/mol. The number of anilines is 1. The molecule has 0 aromatic heterocycles. The zero-order valence-corrected chi connectivity index (χ0v) is 12.9. The summed E-state index contributed by atoms with van der Waals surface area (Å²) in [6, 6.07) is 6.42. The summed E-state index contributed by atoms with van der Waals surface area (Å²) in [6.07, 6.45) is 3.01. The van der Waals surface area contributed by atoms with Gasteiger partial charge in [0, 0.05) is 18.8 Å². The summed E-state index contributed by atoms with van der Waals surface area (Å²) in [6.45, 7) is 2.91. The van der Waals surface area contributed by atoms with Crippen LogP contribution in [0.1, 0.15) is 31.7 Å². The van der Waals surface area contributed by atoms with Crippen LogP contribution in [0.25, 0.3) is 0 Å². The second kappa shape index (κ2) is 9.22. The van der Waals surface area contributed by atoms with E-state index in [4.69, 9.17) is 22.0 Å². The number of benzene rings is 1. The van der Waals surface area contributed by atoms with Crippen LogP contribution < -0.4 is 5.32 Å². The molecule has 0 bridgehead atoms. The van der Waals surface area contributed by atoms with E-state index in [1.165, 1.54) is 0 Å². The number of halogens is 1. The Kier molecular flexibility index (Phi) is 7.59. The van der Waals surface area contributed by atoms with Crippen molar-refractivity contribution in [3.05, 3.63) is 28.8 Å². The van der Waals surface area contributed by atoms with Crippen LogP contribution in [0.15, 0.2) is 18.2 Å². The molecule has 0 spiro atoms. The summed E-state index contributed by atoms with van der Waals surface area (Å²) in [4.78, 5) is 13.7. The number of unbranched alkanes of at least 4 members (excludes halogenated alkanes) is 2. The van der Waals surface area contributed by atoms with Crippen molar-refractivity contribution in [2.45, 2.75) is 26.2 Å². The molecule has 0 heterocycles. The minimum absolute atomic E-state index is 0.0757. The third-order valence-electron chi connectivity index (χ3n) is 3.03. The normalized spacial score (nSPS) is 10.0. The Morgan fingerprint density at radius 2 is 2.19 bits per heavy atom. The molecule has 2 amide bonds. The van der Waals surface area contributed by atoms with E-state index < -0.39 is 0 Å². The highest BCUT2D eigenvalue weighted by Crippen LogP contribution is 2.20. The summed E-state index contributed by atoms with van der Waals surface area (Å²) in [5, 5.41) is 20.9. The van der Waals surface area contributed by atoms with Crippen LogP contribution in [0.2, 0.25) is 5.02 Å². The minimum atomic E-state index is -0.277. The average Bonchev–Trinajstić information content (AvgIpc) is 2.46. The van der Waals surface area contributed by atoms with E-state index >= 15 is 0 Å². The van der Waals surface area contributed by atoms with Crippen LogP contribution in [0, 0.1) is 11.3 Å². The van der Waals surface area contributed by atoms with Crippen molar-refractivity contribution in [3.8, 4) is 6.07 Å². The number of amides is 2. The molecule has 5 nitrogen and oxygen atoms in total. The van der Waals surface area contributed by atoms with Gasteiger partial charge in [-0.15, -0.1) is 0 Å². The number of carbonyl (C=O) groups is 1. The molecule has 21 heavy (non-hydrogen) atoms. The van der Waals surface area contributed by atoms with Gasteiger partial charge in [0.15, 0.2) is 0 Å². The maximum atomic E-state index is 12.2. The Hall–Kier alpha value is -1.77. The van der Waals surface area contributed by atoms with Gasteiger partial charge in [0.1, 0.15) is 6.07 Å². The zero-order valence-electron chi connectivity index (χ0n) is 12.1. The summed E-state index contributed by atoms with van der Waals surface area (Å²) >= 11 is 5.93. The van der Waals surface area contributed by atoms with Crippen molar-refractivity contribution in [3.63, 3.8) is 0 Å². The predicted octanol–water partition coefficient (Wildman–Crippen LogP) is 3.23. The lowest BCUT2D eigenvalue weighted by molar-refractivity contribution is 0.187. The first-order valence-electron chi connectivity index (χ1n) is 6.98. The van der Waals surface area contributed by atoms with Gasteiger partial charge in [0.2, 0.25) is 0 Å². The Bertz CT molecular complexity index is 514. The maximum Gasteiger partial charge on any atom is 0.321 e. The number of aliphatic hydroxyl groups excluding tert-OH is 1. The topological polar surface area (TPSA) is 76.4 Å². The molecule has 0 aliphatic heterocycles.